The van der Waals surface area contributed by atoms with Crippen molar-refractivity contribution < 1.29 is 9.21 Å². The van der Waals surface area contributed by atoms with Crippen LogP contribution in [0.3, 0.4) is 0 Å². The Balaban J connectivity index is 1.56. The van der Waals surface area contributed by atoms with Gasteiger partial charge in [0, 0.05) is 12.6 Å². The Morgan fingerprint density at radius 1 is 1.52 bits per heavy atom. The van der Waals surface area contributed by atoms with E-state index < -0.39 is 0 Å². The Kier molecular flexibility index (Phi) is 4.60. The molecule has 112 valence electrons. The van der Waals surface area contributed by atoms with Crippen LogP contribution in [0.4, 0.5) is 0 Å². The van der Waals surface area contributed by atoms with Gasteiger partial charge in [-0.05, 0) is 37.6 Å². The zero-order valence-electron chi connectivity index (χ0n) is 11.8. The van der Waals surface area contributed by atoms with E-state index >= 15 is 0 Å². The normalized spacial score (nSPS) is 18.9. The SMILES string of the molecule is C[C@@H]1CCCCN1C(=O)CSc1nnc(-c2cccs2)o1. The van der Waals surface area contributed by atoms with Crippen molar-refractivity contribution in [3.8, 4) is 10.8 Å². The van der Waals surface area contributed by atoms with Crippen LogP contribution >= 0.6 is 23.1 Å². The lowest BCUT2D eigenvalue weighted by Crippen LogP contribution is -2.42. The summed E-state index contributed by atoms with van der Waals surface area (Å²) in [7, 11) is 0. The number of likely N-dealkylation sites (tertiary alicyclic amines) is 1. The van der Waals surface area contributed by atoms with Crippen molar-refractivity contribution in [2.75, 3.05) is 12.3 Å². The lowest BCUT2D eigenvalue weighted by atomic mass is 10.0. The molecular weight excluding hydrogens is 306 g/mol. The molecule has 1 fully saturated rings. The second kappa shape index (κ2) is 6.62. The number of carbonyl (C=O) groups excluding carboxylic acids is 1. The number of carbonyl (C=O) groups is 1. The van der Waals surface area contributed by atoms with Gasteiger partial charge in [0.15, 0.2) is 0 Å². The summed E-state index contributed by atoms with van der Waals surface area (Å²) in [4.78, 5) is 15.1. The molecule has 0 N–H and O–H groups in total. The fourth-order valence-electron chi connectivity index (χ4n) is 2.44. The van der Waals surface area contributed by atoms with Gasteiger partial charge in [-0.1, -0.05) is 17.8 Å². The van der Waals surface area contributed by atoms with Crippen molar-refractivity contribution >= 4 is 29.0 Å². The van der Waals surface area contributed by atoms with E-state index in [1.807, 2.05) is 22.4 Å². The van der Waals surface area contributed by atoms with Crippen molar-refractivity contribution in [2.24, 2.45) is 0 Å². The molecule has 1 atom stereocenters. The standard InChI is InChI=1S/C14H17N3O2S2/c1-10-5-2-3-7-17(10)12(18)9-21-14-16-15-13(19-14)11-6-4-8-20-11/h4,6,8,10H,2-3,5,7,9H2,1H3/t10-/m1/s1. The third kappa shape index (κ3) is 3.47. The highest BCUT2D eigenvalue weighted by molar-refractivity contribution is 7.99. The number of hydrogen-bond donors (Lipinski definition) is 0. The van der Waals surface area contributed by atoms with Gasteiger partial charge in [0.05, 0.1) is 10.6 Å². The molecule has 0 aromatic carbocycles. The van der Waals surface area contributed by atoms with E-state index in [1.165, 1.54) is 18.2 Å². The highest BCUT2D eigenvalue weighted by atomic mass is 32.2. The molecule has 3 heterocycles. The first-order valence-electron chi connectivity index (χ1n) is 7.03. The van der Waals surface area contributed by atoms with Crippen LogP contribution in [0, 0.1) is 0 Å². The largest absolute Gasteiger partial charge is 0.410 e. The molecule has 2 aromatic heterocycles. The molecule has 0 radical (unpaired) electrons. The number of nitrogens with zero attached hydrogens (tertiary/aromatic N) is 3. The van der Waals surface area contributed by atoms with Crippen LogP contribution in [-0.4, -0.2) is 39.3 Å². The van der Waals surface area contributed by atoms with Gasteiger partial charge < -0.3 is 9.32 Å². The summed E-state index contributed by atoms with van der Waals surface area (Å²) in [5, 5.41) is 10.4. The Hall–Kier alpha value is -1.34. The van der Waals surface area contributed by atoms with Gasteiger partial charge in [-0.3, -0.25) is 4.79 Å². The van der Waals surface area contributed by atoms with Crippen molar-refractivity contribution in [1.29, 1.82) is 0 Å². The molecule has 0 saturated carbocycles. The van der Waals surface area contributed by atoms with Crippen LogP contribution < -0.4 is 0 Å². The summed E-state index contributed by atoms with van der Waals surface area (Å²) in [5.74, 6) is 1.03. The quantitative estimate of drug-likeness (QED) is 0.808. The number of rotatable bonds is 4. The molecule has 21 heavy (non-hydrogen) atoms. The van der Waals surface area contributed by atoms with E-state index in [9.17, 15) is 4.79 Å². The molecule has 0 unspecified atom stereocenters. The molecule has 0 aliphatic carbocycles. The Morgan fingerprint density at radius 2 is 2.43 bits per heavy atom. The fourth-order valence-corrected chi connectivity index (χ4v) is 3.74. The first kappa shape index (κ1) is 14.6. The maximum absolute atomic E-state index is 12.2. The van der Waals surface area contributed by atoms with E-state index in [-0.39, 0.29) is 5.91 Å². The predicted octanol–water partition coefficient (Wildman–Crippen LogP) is 3.29. The van der Waals surface area contributed by atoms with Gasteiger partial charge in [0.1, 0.15) is 0 Å². The molecule has 1 aliphatic heterocycles. The van der Waals surface area contributed by atoms with E-state index in [4.69, 9.17) is 4.42 Å². The lowest BCUT2D eigenvalue weighted by Gasteiger charge is -2.33. The van der Waals surface area contributed by atoms with Crippen LogP contribution in [0.5, 0.6) is 0 Å². The van der Waals surface area contributed by atoms with Crippen LogP contribution in [0.15, 0.2) is 27.2 Å². The minimum Gasteiger partial charge on any atom is -0.410 e. The Labute approximate surface area is 131 Å². The Bertz CT molecular complexity index is 597. The van der Waals surface area contributed by atoms with Gasteiger partial charge in [-0.25, -0.2) is 0 Å². The van der Waals surface area contributed by atoms with Gasteiger partial charge in [-0.15, -0.1) is 21.5 Å². The number of thioether (sulfide) groups is 1. The zero-order valence-corrected chi connectivity index (χ0v) is 13.5. The maximum Gasteiger partial charge on any atom is 0.277 e. The third-order valence-corrected chi connectivity index (χ3v) is 5.24. The molecule has 7 heteroatoms. The molecule has 1 amide bonds. The molecule has 0 bridgehead atoms. The molecule has 2 aromatic rings. The summed E-state index contributed by atoms with van der Waals surface area (Å²) < 4.78 is 5.57. The molecule has 1 aliphatic rings. The second-order valence-corrected chi connectivity index (χ2v) is 6.95. The zero-order chi connectivity index (χ0) is 14.7. The van der Waals surface area contributed by atoms with Crippen molar-refractivity contribution in [3.05, 3.63) is 17.5 Å². The first-order valence-corrected chi connectivity index (χ1v) is 8.90. The summed E-state index contributed by atoms with van der Waals surface area (Å²) in [5.41, 5.74) is 0. The molecule has 1 saturated heterocycles. The summed E-state index contributed by atoms with van der Waals surface area (Å²) >= 11 is 2.87. The monoisotopic (exact) mass is 323 g/mol. The van der Waals surface area contributed by atoms with E-state index in [2.05, 4.69) is 17.1 Å². The number of thiophene rings is 1. The molecule has 0 spiro atoms. The average Bonchev–Trinajstić information content (AvgIpc) is 3.16. The van der Waals surface area contributed by atoms with Crippen LogP contribution in [0.25, 0.3) is 10.8 Å². The minimum absolute atomic E-state index is 0.156. The van der Waals surface area contributed by atoms with Crippen LogP contribution in [-0.2, 0) is 4.79 Å². The van der Waals surface area contributed by atoms with Gasteiger partial charge in [-0.2, -0.15) is 0 Å². The highest BCUT2D eigenvalue weighted by Gasteiger charge is 2.23. The van der Waals surface area contributed by atoms with E-state index in [0.717, 1.165) is 24.3 Å². The number of piperidine rings is 1. The number of aromatic nitrogens is 2. The fraction of sp³-hybridized carbons (Fsp3) is 0.500. The van der Waals surface area contributed by atoms with Crippen LogP contribution in [0.1, 0.15) is 26.2 Å². The molecule has 3 rings (SSSR count). The third-order valence-electron chi connectivity index (χ3n) is 3.58. The molecular formula is C14H17N3O2S2. The first-order chi connectivity index (χ1) is 10.2. The Morgan fingerprint density at radius 3 is 3.19 bits per heavy atom. The second-order valence-electron chi connectivity index (χ2n) is 5.07. The highest BCUT2D eigenvalue weighted by Crippen LogP contribution is 2.27. The van der Waals surface area contributed by atoms with Gasteiger partial charge in [0.2, 0.25) is 5.91 Å². The number of amides is 1. The van der Waals surface area contributed by atoms with Crippen molar-refractivity contribution in [3.63, 3.8) is 0 Å². The smallest absolute Gasteiger partial charge is 0.277 e. The molecule has 5 nitrogen and oxygen atoms in total. The van der Waals surface area contributed by atoms with E-state index in [0.29, 0.717) is 22.9 Å². The van der Waals surface area contributed by atoms with E-state index in [1.54, 1.807) is 11.3 Å². The number of hydrogen-bond acceptors (Lipinski definition) is 6. The summed E-state index contributed by atoms with van der Waals surface area (Å²) in [6.45, 7) is 2.98. The lowest BCUT2D eigenvalue weighted by molar-refractivity contribution is -0.131. The topological polar surface area (TPSA) is 59.2 Å². The maximum atomic E-state index is 12.2. The van der Waals surface area contributed by atoms with Crippen molar-refractivity contribution in [1.82, 2.24) is 15.1 Å². The summed E-state index contributed by atoms with van der Waals surface area (Å²) in [6, 6.07) is 4.22. The minimum atomic E-state index is 0.156. The van der Waals surface area contributed by atoms with Crippen molar-refractivity contribution in [2.45, 2.75) is 37.5 Å². The van der Waals surface area contributed by atoms with Gasteiger partial charge in [0.25, 0.3) is 11.1 Å². The van der Waals surface area contributed by atoms with Gasteiger partial charge >= 0.3 is 0 Å². The van der Waals surface area contributed by atoms with Crippen LogP contribution in [0.2, 0.25) is 0 Å². The average molecular weight is 323 g/mol. The predicted molar refractivity (Wildman–Crippen MR) is 83.4 cm³/mol. The summed E-state index contributed by atoms with van der Waals surface area (Å²) in [6.07, 6.45) is 3.41.